The minimum Gasteiger partial charge on any atom is -0.465 e. The lowest BCUT2D eigenvalue weighted by Gasteiger charge is -2.32. The molecule has 0 radical (unpaired) electrons. The number of ether oxygens (including phenoxy) is 1. The van der Waals surface area contributed by atoms with Gasteiger partial charge in [-0.25, -0.2) is 0 Å². The Hall–Kier alpha value is -0.610. The molecule has 0 saturated heterocycles. The first kappa shape index (κ1) is 14.5. The number of nitrogens with one attached hydrogen (secondary N) is 1. The Labute approximate surface area is 105 Å². The molecular formula is C13H26N2O2. The Morgan fingerprint density at radius 3 is 2.59 bits per heavy atom. The molecule has 1 aliphatic rings. The predicted octanol–water partition coefficient (Wildman–Crippen LogP) is 1.40. The van der Waals surface area contributed by atoms with E-state index in [0.717, 1.165) is 19.5 Å². The molecule has 1 aliphatic carbocycles. The molecule has 1 rings (SSSR count). The van der Waals surface area contributed by atoms with Gasteiger partial charge in [0.1, 0.15) is 5.54 Å². The van der Waals surface area contributed by atoms with E-state index in [4.69, 9.17) is 4.74 Å². The van der Waals surface area contributed by atoms with E-state index < -0.39 is 5.54 Å². The molecule has 17 heavy (non-hydrogen) atoms. The largest absolute Gasteiger partial charge is 0.465 e. The fourth-order valence-corrected chi connectivity index (χ4v) is 2.03. The Bertz CT molecular complexity index is 254. The van der Waals surface area contributed by atoms with Crippen molar-refractivity contribution < 1.29 is 9.53 Å². The SMILES string of the molecule is CCCNC(C)(CN(C)C1CC1)C(=O)OCC. The second kappa shape index (κ2) is 6.36. The fourth-order valence-electron chi connectivity index (χ4n) is 2.03. The van der Waals surface area contributed by atoms with E-state index in [0.29, 0.717) is 12.6 Å². The zero-order chi connectivity index (χ0) is 12.9. The van der Waals surface area contributed by atoms with Crippen molar-refractivity contribution in [2.45, 2.75) is 51.6 Å². The van der Waals surface area contributed by atoms with E-state index in [1.807, 2.05) is 13.8 Å². The maximum absolute atomic E-state index is 12.0. The zero-order valence-electron chi connectivity index (χ0n) is 11.6. The van der Waals surface area contributed by atoms with Gasteiger partial charge >= 0.3 is 5.97 Å². The first-order valence-electron chi connectivity index (χ1n) is 6.66. The summed E-state index contributed by atoms with van der Waals surface area (Å²) in [6.07, 6.45) is 3.52. The van der Waals surface area contributed by atoms with Gasteiger partial charge in [0.25, 0.3) is 0 Å². The summed E-state index contributed by atoms with van der Waals surface area (Å²) in [5.41, 5.74) is -0.580. The van der Waals surface area contributed by atoms with Gasteiger partial charge in [0.2, 0.25) is 0 Å². The van der Waals surface area contributed by atoms with Crippen LogP contribution in [-0.4, -0.2) is 49.2 Å². The summed E-state index contributed by atoms with van der Waals surface area (Å²) >= 11 is 0. The summed E-state index contributed by atoms with van der Waals surface area (Å²) in [4.78, 5) is 14.3. The van der Waals surface area contributed by atoms with Crippen LogP contribution in [0.15, 0.2) is 0 Å². The molecule has 0 amide bonds. The van der Waals surface area contributed by atoms with Crippen molar-refractivity contribution in [2.75, 3.05) is 26.7 Å². The number of carbonyl (C=O) groups excluding carboxylic acids is 1. The average Bonchev–Trinajstić information content (AvgIpc) is 3.10. The highest BCUT2D eigenvalue weighted by Gasteiger charge is 2.38. The highest BCUT2D eigenvalue weighted by Crippen LogP contribution is 2.26. The minimum absolute atomic E-state index is 0.138. The van der Waals surface area contributed by atoms with Crippen molar-refractivity contribution in [3.63, 3.8) is 0 Å². The van der Waals surface area contributed by atoms with Gasteiger partial charge in [0, 0.05) is 12.6 Å². The van der Waals surface area contributed by atoms with Crippen molar-refractivity contribution >= 4 is 5.97 Å². The predicted molar refractivity (Wildman–Crippen MR) is 69.0 cm³/mol. The van der Waals surface area contributed by atoms with E-state index in [1.54, 1.807) is 0 Å². The van der Waals surface area contributed by atoms with Crippen LogP contribution in [0.25, 0.3) is 0 Å². The monoisotopic (exact) mass is 242 g/mol. The lowest BCUT2D eigenvalue weighted by Crippen LogP contribution is -2.57. The Kier molecular flexibility index (Phi) is 5.40. The summed E-state index contributed by atoms with van der Waals surface area (Å²) in [6.45, 7) is 7.89. The van der Waals surface area contributed by atoms with Gasteiger partial charge in [-0.2, -0.15) is 0 Å². The summed E-state index contributed by atoms with van der Waals surface area (Å²) in [5, 5.41) is 3.33. The van der Waals surface area contributed by atoms with E-state index >= 15 is 0 Å². The van der Waals surface area contributed by atoms with Crippen molar-refractivity contribution in [2.24, 2.45) is 0 Å². The van der Waals surface area contributed by atoms with Gasteiger partial charge in [-0.1, -0.05) is 6.92 Å². The molecule has 0 aromatic carbocycles. The van der Waals surface area contributed by atoms with E-state index in [2.05, 4.69) is 24.2 Å². The Morgan fingerprint density at radius 2 is 2.12 bits per heavy atom. The molecule has 1 fully saturated rings. The number of rotatable bonds is 8. The van der Waals surface area contributed by atoms with Crippen molar-refractivity contribution in [3.05, 3.63) is 0 Å². The Balaban J connectivity index is 2.58. The van der Waals surface area contributed by atoms with Crippen molar-refractivity contribution in [1.29, 1.82) is 0 Å². The molecule has 0 aromatic heterocycles. The van der Waals surface area contributed by atoms with Gasteiger partial charge in [-0.15, -0.1) is 0 Å². The molecule has 0 bridgehead atoms. The van der Waals surface area contributed by atoms with Crippen LogP contribution in [0, 0.1) is 0 Å². The van der Waals surface area contributed by atoms with Crippen LogP contribution in [0.3, 0.4) is 0 Å². The van der Waals surface area contributed by atoms with Gasteiger partial charge in [-0.3, -0.25) is 4.79 Å². The average molecular weight is 242 g/mol. The Morgan fingerprint density at radius 1 is 1.47 bits per heavy atom. The third-order valence-corrected chi connectivity index (χ3v) is 3.23. The number of hydrogen-bond acceptors (Lipinski definition) is 4. The van der Waals surface area contributed by atoms with E-state index in [-0.39, 0.29) is 5.97 Å². The standard InChI is InChI=1S/C13H26N2O2/c1-5-9-14-13(3,12(16)17-6-2)10-15(4)11-7-8-11/h11,14H,5-10H2,1-4H3. The van der Waals surface area contributed by atoms with Crippen LogP contribution in [0.1, 0.15) is 40.0 Å². The maximum atomic E-state index is 12.0. The van der Waals surface area contributed by atoms with Crippen LogP contribution >= 0.6 is 0 Å². The molecule has 1 N–H and O–H groups in total. The molecule has 0 aliphatic heterocycles. The highest BCUT2D eigenvalue weighted by molar-refractivity contribution is 5.80. The lowest BCUT2D eigenvalue weighted by atomic mass is 10.0. The fraction of sp³-hybridized carbons (Fsp3) is 0.923. The number of nitrogens with zero attached hydrogens (tertiary/aromatic N) is 1. The third kappa shape index (κ3) is 4.28. The van der Waals surface area contributed by atoms with Crippen molar-refractivity contribution in [3.8, 4) is 0 Å². The van der Waals surface area contributed by atoms with E-state index in [1.165, 1.54) is 12.8 Å². The second-order valence-corrected chi connectivity index (χ2v) is 5.13. The van der Waals surface area contributed by atoms with Gasteiger partial charge in [0.05, 0.1) is 6.61 Å². The molecule has 100 valence electrons. The summed E-state index contributed by atoms with van der Waals surface area (Å²) in [5.74, 6) is -0.138. The van der Waals surface area contributed by atoms with Crippen molar-refractivity contribution in [1.82, 2.24) is 10.2 Å². The van der Waals surface area contributed by atoms with Crippen LogP contribution in [0.4, 0.5) is 0 Å². The maximum Gasteiger partial charge on any atom is 0.327 e. The molecule has 4 heteroatoms. The smallest absolute Gasteiger partial charge is 0.327 e. The molecule has 4 nitrogen and oxygen atoms in total. The molecular weight excluding hydrogens is 216 g/mol. The van der Waals surface area contributed by atoms with Crippen LogP contribution in [0.2, 0.25) is 0 Å². The first-order chi connectivity index (χ1) is 8.03. The minimum atomic E-state index is -0.580. The molecule has 1 unspecified atom stereocenters. The van der Waals surface area contributed by atoms with Gasteiger partial charge in [-0.05, 0) is 46.7 Å². The number of carbonyl (C=O) groups is 1. The summed E-state index contributed by atoms with van der Waals surface area (Å²) < 4.78 is 5.18. The quantitative estimate of drug-likeness (QED) is 0.653. The highest BCUT2D eigenvalue weighted by atomic mass is 16.5. The molecule has 0 aromatic rings. The number of hydrogen-bond donors (Lipinski definition) is 1. The topological polar surface area (TPSA) is 41.6 Å². The van der Waals surface area contributed by atoms with Crippen LogP contribution in [-0.2, 0) is 9.53 Å². The number of esters is 1. The molecule has 1 saturated carbocycles. The van der Waals surface area contributed by atoms with Gasteiger partial charge < -0.3 is 15.0 Å². The van der Waals surface area contributed by atoms with E-state index in [9.17, 15) is 4.79 Å². The lowest BCUT2D eigenvalue weighted by molar-refractivity contribution is -0.151. The molecule has 1 atom stereocenters. The zero-order valence-corrected chi connectivity index (χ0v) is 11.6. The molecule has 0 spiro atoms. The third-order valence-electron chi connectivity index (χ3n) is 3.23. The second-order valence-electron chi connectivity index (χ2n) is 5.13. The van der Waals surface area contributed by atoms with Crippen LogP contribution < -0.4 is 5.32 Å². The number of likely N-dealkylation sites (N-methyl/N-ethyl adjacent to an activating group) is 1. The summed E-state index contributed by atoms with van der Waals surface area (Å²) in [7, 11) is 2.09. The summed E-state index contributed by atoms with van der Waals surface area (Å²) in [6, 6.07) is 0.659. The molecule has 0 heterocycles. The first-order valence-corrected chi connectivity index (χ1v) is 6.66. The normalized spacial score (nSPS) is 19.1. The van der Waals surface area contributed by atoms with Crippen LogP contribution in [0.5, 0.6) is 0 Å². The van der Waals surface area contributed by atoms with Gasteiger partial charge in [0.15, 0.2) is 0 Å².